The predicted molar refractivity (Wildman–Crippen MR) is 182 cm³/mol. The van der Waals surface area contributed by atoms with Crippen molar-refractivity contribution >= 4 is 29.3 Å². The summed E-state index contributed by atoms with van der Waals surface area (Å²) in [6.07, 6.45) is 4.96. The first kappa shape index (κ1) is 31.9. The maximum atomic E-state index is 13.8. The van der Waals surface area contributed by atoms with Crippen molar-refractivity contribution in [2.75, 3.05) is 61.5 Å². The summed E-state index contributed by atoms with van der Waals surface area (Å²) < 4.78 is 6.99. The Labute approximate surface area is 273 Å². The van der Waals surface area contributed by atoms with Gasteiger partial charge in [0.1, 0.15) is 5.69 Å². The summed E-state index contributed by atoms with van der Waals surface area (Å²) in [4.78, 5) is 52.4. The Hall–Kier alpha value is -5.07. The molecule has 0 atom stereocenters. The Kier molecular flexibility index (Phi) is 9.89. The molecule has 2 aromatic carbocycles. The molecule has 0 aliphatic carbocycles. The van der Waals surface area contributed by atoms with Gasteiger partial charge >= 0.3 is 6.03 Å². The molecule has 1 saturated heterocycles. The number of ether oxygens (including phenoxy) is 1. The normalized spacial score (nSPS) is 14.7. The third-order valence-corrected chi connectivity index (χ3v) is 8.58. The second kappa shape index (κ2) is 14.6. The average Bonchev–Trinajstić information content (AvgIpc) is 3.08. The number of anilines is 3. The lowest BCUT2D eigenvalue weighted by Crippen LogP contribution is -2.38. The Morgan fingerprint density at radius 2 is 1.72 bits per heavy atom. The van der Waals surface area contributed by atoms with Gasteiger partial charge in [0.15, 0.2) is 0 Å². The maximum absolute atomic E-state index is 13.8. The van der Waals surface area contributed by atoms with Gasteiger partial charge in [-0.3, -0.25) is 24.4 Å². The SMILES string of the molecule is Cc1ccccc1C(=O)Nc1ccc(-n2ccc(C)c(N3CCc4nc(NC(=O)NCCCN5CCOCC5)ncc4C3)c2=O)cc1. The highest BCUT2D eigenvalue weighted by Crippen LogP contribution is 2.25. The van der Waals surface area contributed by atoms with Gasteiger partial charge in [-0.25, -0.2) is 14.8 Å². The van der Waals surface area contributed by atoms with Gasteiger partial charge in [0.25, 0.3) is 11.5 Å². The van der Waals surface area contributed by atoms with Crippen LogP contribution in [0.2, 0.25) is 0 Å². The summed E-state index contributed by atoms with van der Waals surface area (Å²) >= 11 is 0. The predicted octanol–water partition coefficient (Wildman–Crippen LogP) is 3.90. The second-order valence-corrected chi connectivity index (χ2v) is 11.9. The van der Waals surface area contributed by atoms with E-state index in [0.29, 0.717) is 48.7 Å². The second-order valence-electron chi connectivity index (χ2n) is 11.9. The third kappa shape index (κ3) is 7.67. The van der Waals surface area contributed by atoms with Crippen molar-refractivity contribution in [2.45, 2.75) is 33.2 Å². The molecule has 0 bridgehead atoms. The minimum absolute atomic E-state index is 0.130. The van der Waals surface area contributed by atoms with E-state index in [1.54, 1.807) is 35.2 Å². The van der Waals surface area contributed by atoms with Gasteiger partial charge in [-0.1, -0.05) is 18.2 Å². The van der Waals surface area contributed by atoms with Crippen molar-refractivity contribution in [1.82, 2.24) is 24.8 Å². The molecule has 2 aliphatic rings. The molecule has 244 valence electrons. The molecule has 0 unspecified atom stereocenters. The molecule has 2 aliphatic heterocycles. The van der Waals surface area contributed by atoms with E-state index in [9.17, 15) is 14.4 Å². The summed E-state index contributed by atoms with van der Waals surface area (Å²) in [5.74, 6) is 0.0842. The van der Waals surface area contributed by atoms with E-state index >= 15 is 0 Å². The fraction of sp³-hybridized carbons (Fsp3) is 0.343. The lowest BCUT2D eigenvalue weighted by Gasteiger charge is -2.31. The minimum atomic E-state index is -0.327. The fourth-order valence-corrected chi connectivity index (χ4v) is 5.98. The van der Waals surface area contributed by atoms with Crippen molar-refractivity contribution < 1.29 is 14.3 Å². The number of hydrogen-bond donors (Lipinski definition) is 3. The van der Waals surface area contributed by atoms with Crippen LogP contribution in [0.1, 0.15) is 39.2 Å². The van der Waals surface area contributed by atoms with Gasteiger partial charge < -0.3 is 20.3 Å². The van der Waals surface area contributed by atoms with Crippen LogP contribution in [-0.2, 0) is 17.7 Å². The first-order chi connectivity index (χ1) is 22.9. The largest absolute Gasteiger partial charge is 0.379 e. The molecular weight excluding hydrogens is 596 g/mol. The van der Waals surface area contributed by atoms with Crippen LogP contribution in [0.3, 0.4) is 0 Å². The van der Waals surface area contributed by atoms with Crippen LogP contribution in [0.25, 0.3) is 5.69 Å². The molecule has 0 radical (unpaired) electrons. The Morgan fingerprint density at radius 1 is 0.936 bits per heavy atom. The number of rotatable bonds is 9. The average molecular weight is 637 g/mol. The van der Waals surface area contributed by atoms with Crippen LogP contribution in [-0.4, -0.2) is 77.3 Å². The quantitative estimate of drug-likeness (QED) is 0.236. The topological polar surface area (TPSA) is 134 Å². The Balaban J connectivity index is 1.07. The Bertz CT molecular complexity index is 1800. The number of amides is 3. The summed E-state index contributed by atoms with van der Waals surface area (Å²) in [6, 6.07) is 16.3. The molecule has 2 aromatic heterocycles. The van der Waals surface area contributed by atoms with Crippen molar-refractivity contribution in [3.8, 4) is 5.69 Å². The number of carbonyl (C=O) groups is 2. The van der Waals surface area contributed by atoms with E-state index in [0.717, 1.165) is 61.7 Å². The van der Waals surface area contributed by atoms with Gasteiger partial charge in [-0.2, -0.15) is 0 Å². The van der Waals surface area contributed by atoms with Crippen LogP contribution in [0.5, 0.6) is 0 Å². The van der Waals surface area contributed by atoms with Crippen molar-refractivity contribution in [3.63, 3.8) is 0 Å². The fourth-order valence-electron chi connectivity index (χ4n) is 5.98. The van der Waals surface area contributed by atoms with Crippen LogP contribution >= 0.6 is 0 Å². The van der Waals surface area contributed by atoms with Gasteiger partial charge in [-0.15, -0.1) is 0 Å². The van der Waals surface area contributed by atoms with Crippen LogP contribution in [0, 0.1) is 13.8 Å². The number of nitrogens with zero attached hydrogens (tertiary/aromatic N) is 5. The van der Waals surface area contributed by atoms with Crippen LogP contribution in [0.4, 0.5) is 22.1 Å². The molecule has 0 saturated carbocycles. The smallest absolute Gasteiger partial charge is 0.321 e. The zero-order valence-corrected chi connectivity index (χ0v) is 26.8. The van der Waals surface area contributed by atoms with Crippen molar-refractivity contribution in [2.24, 2.45) is 0 Å². The molecule has 1 fully saturated rings. The maximum Gasteiger partial charge on any atom is 0.321 e. The lowest BCUT2D eigenvalue weighted by molar-refractivity contribution is 0.0375. The third-order valence-electron chi connectivity index (χ3n) is 8.58. The molecule has 4 heterocycles. The van der Waals surface area contributed by atoms with E-state index in [1.165, 1.54) is 0 Å². The van der Waals surface area contributed by atoms with E-state index in [-0.39, 0.29) is 23.4 Å². The lowest BCUT2D eigenvalue weighted by atomic mass is 10.1. The molecule has 6 rings (SSSR count). The highest BCUT2D eigenvalue weighted by molar-refractivity contribution is 6.05. The number of nitrogens with one attached hydrogen (secondary N) is 3. The molecule has 12 nitrogen and oxygen atoms in total. The van der Waals surface area contributed by atoms with E-state index in [2.05, 4.69) is 35.7 Å². The zero-order valence-electron chi connectivity index (χ0n) is 26.8. The van der Waals surface area contributed by atoms with Crippen LogP contribution in [0.15, 0.2) is 71.8 Å². The number of morpholine rings is 1. The minimum Gasteiger partial charge on any atom is -0.379 e. The van der Waals surface area contributed by atoms with Gasteiger partial charge in [0, 0.05) is 74.0 Å². The van der Waals surface area contributed by atoms with Gasteiger partial charge in [0.05, 0.1) is 18.9 Å². The molecule has 4 aromatic rings. The summed E-state index contributed by atoms with van der Waals surface area (Å²) in [5.41, 5.74) is 5.99. The van der Waals surface area contributed by atoms with Gasteiger partial charge in [0.2, 0.25) is 5.95 Å². The van der Waals surface area contributed by atoms with E-state index < -0.39 is 0 Å². The zero-order chi connectivity index (χ0) is 32.8. The number of fused-ring (bicyclic) bond motifs is 1. The van der Waals surface area contributed by atoms with Crippen LogP contribution < -0.4 is 26.4 Å². The molecule has 3 N–H and O–H groups in total. The number of hydrogen-bond acceptors (Lipinski definition) is 8. The van der Waals surface area contributed by atoms with Gasteiger partial charge in [-0.05, 0) is 74.3 Å². The molecule has 0 spiro atoms. The number of urea groups is 1. The van der Waals surface area contributed by atoms with E-state index in [4.69, 9.17) is 4.74 Å². The summed E-state index contributed by atoms with van der Waals surface area (Å²) in [6.45, 7) is 9.77. The highest BCUT2D eigenvalue weighted by atomic mass is 16.5. The summed E-state index contributed by atoms with van der Waals surface area (Å²) in [7, 11) is 0. The monoisotopic (exact) mass is 636 g/mol. The number of carbonyl (C=O) groups excluding carboxylic acids is 2. The standard InChI is InChI=1S/C35H40N8O4/c1-24-6-3-4-7-29(24)32(44)38-27-8-10-28(11-9-27)43-17-12-25(2)31(33(43)45)42-16-13-30-26(23-42)22-37-34(39-30)40-35(46)36-14-5-15-41-18-20-47-21-19-41/h3-4,6-12,17,22H,5,13-16,18-21,23H2,1-2H3,(H,38,44)(H2,36,37,39,40,46). The number of aromatic nitrogens is 3. The number of pyridine rings is 1. The van der Waals surface area contributed by atoms with Crippen molar-refractivity contribution in [3.05, 3.63) is 105 Å². The van der Waals surface area contributed by atoms with E-state index in [1.807, 2.05) is 50.2 Å². The molecule has 12 heteroatoms. The molecule has 3 amide bonds. The summed E-state index contributed by atoms with van der Waals surface area (Å²) in [5, 5.41) is 8.56. The first-order valence-corrected chi connectivity index (χ1v) is 16.0. The molecular formula is C35H40N8O4. The number of aryl methyl sites for hydroxylation is 2. The Morgan fingerprint density at radius 3 is 2.51 bits per heavy atom. The number of benzene rings is 2. The molecule has 47 heavy (non-hydrogen) atoms. The highest BCUT2D eigenvalue weighted by Gasteiger charge is 2.23. The van der Waals surface area contributed by atoms with Crippen molar-refractivity contribution in [1.29, 1.82) is 0 Å². The first-order valence-electron chi connectivity index (χ1n) is 16.0.